The van der Waals surface area contributed by atoms with Gasteiger partial charge in [0.1, 0.15) is 5.69 Å². The largest absolute Gasteiger partial charge is 0.465 e. The third-order valence-corrected chi connectivity index (χ3v) is 4.50. The number of carbonyl (C=O) groups is 2. The maximum Gasteiger partial charge on any atom is 0.337 e. The Labute approximate surface area is 169 Å². The van der Waals surface area contributed by atoms with Crippen LogP contribution in [0, 0.1) is 20.8 Å². The molecule has 0 saturated heterocycles. The van der Waals surface area contributed by atoms with E-state index in [9.17, 15) is 9.59 Å². The Morgan fingerprint density at radius 1 is 0.966 bits per heavy atom. The van der Waals surface area contributed by atoms with Crippen LogP contribution in [-0.2, 0) is 4.74 Å². The second-order valence-electron chi connectivity index (χ2n) is 6.61. The lowest BCUT2D eigenvalue weighted by Gasteiger charge is -2.12. The maximum absolute atomic E-state index is 12.6. The van der Waals surface area contributed by atoms with Gasteiger partial charge < -0.3 is 15.4 Å². The van der Waals surface area contributed by atoms with E-state index in [4.69, 9.17) is 0 Å². The van der Waals surface area contributed by atoms with E-state index in [-0.39, 0.29) is 11.6 Å². The number of methoxy groups -OCH3 is 1. The lowest BCUT2D eigenvalue weighted by Crippen LogP contribution is -2.15. The van der Waals surface area contributed by atoms with Crippen molar-refractivity contribution in [1.29, 1.82) is 0 Å². The van der Waals surface area contributed by atoms with Crippen LogP contribution in [0.5, 0.6) is 0 Å². The fraction of sp³-hybridized carbons (Fsp3) is 0.182. The number of anilines is 3. The summed E-state index contributed by atoms with van der Waals surface area (Å²) in [5, 5.41) is 5.96. The van der Waals surface area contributed by atoms with Crippen LogP contribution < -0.4 is 10.6 Å². The van der Waals surface area contributed by atoms with E-state index in [1.807, 2.05) is 32.0 Å². The number of nitrogens with one attached hydrogen (secondary N) is 2. The predicted molar refractivity (Wildman–Crippen MR) is 112 cm³/mol. The summed E-state index contributed by atoms with van der Waals surface area (Å²) in [5.74, 6) is -0.452. The summed E-state index contributed by atoms with van der Waals surface area (Å²) >= 11 is 0. The maximum atomic E-state index is 12.6. The van der Waals surface area contributed by atoms with E-state index in [2.05, 4.69) is 25.3 Å². The van der Waals surface area contributed by atoms with Crippen molar-refractivity contribution >= 4 is 29.2 Å². The molecule has 3 aromatic rings. The molecular formula is C22H22N4O3. The number of rotatable bonds is 5. The molecule has 0 fully saturated rings. The van der Waals surface area contributed by atoms with Gasteiger partial charge in [0.2, 0.25) is 5.95 Å². The molecule has 29 heavy (non-hydrogen) atoms. The van der Waals surface area contributed by atoms with E-state index < -0.39 is 5.97 Å². The standard InChI is InChI=1S/C22H22N4O3/c1-13-6-5-7-18(15(13)3)25-22-23-14(2)12-19(26-22)20(27)24-17-10-8-16(9-11-17)21(28)29-4/h5-12H,1-4H3,(H,24,27)(H,23,25,26). The van der Waals surface area contributed by atoms with Crippen molar-refractivity contribution in [2.75, 3.05) is 17.7 Å². The zero-order valence-corrected chi connectivity index (χ0v) is 16.7. The second kappa shape index (κ2) is 8.52. The molecule has 0 bridgehead atoms. The van der Waals surface area contributed by atoms with E-state index in [1.165, 1.54) is 7.11 Å². The van der Waals surface area contributed by atoms with Crippen molar-refractivity contribution in [3.05, 3.63) is 76.6 Å². The molecule has 1 aromatic heterocycles. The fourth-order valence-electron chi connectivity index (χ4n) is 2.75. The summed E-state index contributed by atoms with van der Waals surface area (Å²) in [4.78, 5) is 32.9. The molecule has 0 unspecified atom stereocenters. The average molecular weight is 390 g/mol. The van der Waals surface area contributed by atoms with Gasteiger partial charge in [0.15, 0.2) is 0 Å². The first-order chi connectivity index (χ1) is 13.9. The van der Waals surface area contributed by atoms with Crippen LogP contribution in [0.4, 0.5) is 17.3 Å². The van der Waals surface area contributed by atoms with Crippen molar-refractivity contribution in [2.24, 2.45) is 0 Å². The highest BCUT2D eigenvalue weighted by Crippen LogP contribution is 2.21. The minimum atomic E-state index is -0.434. The van der Waals surface area contributed by atoms with Gasteiger partial charge in [-0.25, -0.2) is 14.8 Å². The predicted octanol–water partition coefficient (Wildman–Crippen LogP) is 4.18. The van der Waals surface area contributed by atoms with Crippen LogP contribution in [0.3, 0.4) is 0 Å². The van der Waals surface area contributed by atoms with Gasteiger partial charge in [-0.15, -0.1) is 0 Å². The lowest BCUT2D eigenvalue weighted by atomic mass is 10.1. The molecule has 2 aromatic carbocycles. The first kappa shape index (κ1) is 20.0. The number of hydrogen-bond donors (Lipinski definition) is 2. The Morgan fingerprint density at radius 3 is 2.38 bits per heavy atom. The summed E-state index contributed by atoms with van der Waals surface area (Å²) in [6.45, 7) is 5.85. The quantitative estimate of drug-likeness (QED) is 0.635. The van der Waals surface area contributed by atoms with Crippen LogP contribution >= 0.6 is 0 Å². The van der Waals surface area contributed by atoms with E-state index in [0.717, 1.165) is 16.8 Å². The van der Waals surface area contributed by atoms with Gasteiger partial charge in [-0.1, -0.05) is 12.1 Å². The first-order valence-corrected chi connectivity index (χ1v) is 9.06. The number of nitrogens with zero attached hydrogens (tertiary/aromatic N) is 2. The smallest absolute Gasteiger partial charge is 0.337 e. The van der Waals surface area contributed by atoms with Crippen molar-refractivity contribution in [1.82, 2.24) is 9.97 Å². The van der Waals surface area contributed by atoms with Crippen LogP contribution in [0.25, 0.3) is 0 Å². The van der Waals surface area contributed by atoms with Crippen molar-refractivity contribution < 1.29 is 14.3 Å². The van der Waals surface area contributed by atoms with Gasteiger partial charge in [-0.05, 0) is 68.3 Å². The second-order valence-corrected chi connectivity index (χ2v) is 6.61. The van der Waals surface area contributed by atoms with Gasteiger partial charge in [0, 0.05) is 17.1 Å². The molecule has 7 nitrogen and oxygen atoms in total. The van der Waals surface area contributed by atoms with E-state index >= 15 is 0 Å². The van der Waals surface area contributed by atoms with Crippen molar-refractivity contribution in [2.45, 2.75) is 20.8 Å². The zero-order valence-electron chi connectivity index (χ0n) is 16.7. The summed E-state index contributed by atoms with van der Waals surface area (Å²) < 4.78 is 4.67. The topological polar surface area (TPSA) is 93.2 Å². The molecule has 7 heteroatoms. The van der Waals surface area contributed by atoms with Gasteiger partial charge in [0.25, 0.3) is 5.91 Å². The molecule has 2 N–H and O–H groups in total. The van der Waals surface area contributed by atoms with Crippen LogP contribution in [0.15, 0.2) is 48.5 Å². The van der Waals surface area contributed by atoms with Crippen molar-refractivity contribution in [3.8, 4) is 0 Å². The highest BCUT2D eigenvalue weighted by molar-refractivity contribution is 6.03. The Hall–Kier alpha value is -3.74. The van der Waals surface area contributed by atoms with Crippen LogP contribution in [0.1, 0.15) is 37.7 Å². The number of carbonyl (C=O) groups excluding carboxylic acids is 2. The highest BCUT2D eigenvalue weighted by Gasteiger charge is 2.13. The molecule has 0 aliphatic rings. The number of hydrogen-bond acceptors (Lipinski definition) is 6. The third-order valence-electron chi connectivity index (χ3n) is 4.50. The Kier molecular flexibility index (Phi) is 5.87. The molecule has 0 aliphatic carbocycles. The molecule has 0 atom stereocenters. The molecule has 0 aliphatic heterocycles. The van der Waals surface area contributed by atoms with E-state index in [1.54, 1.807) is 37.3 Å². The Bertz CT molecular complexity index is 1060. The Morgan fingerprint density at radius 2 is 1.69 bits per heavy atom. The van der Waals surface area contributed by atoms with Crippen LogP contribution in [-0.4, -0.2) is 29.0 Å². The van der Waals surface area contributed by atoms with Crippen molar-refractivity contribution in [3.63, 3.8) is 0 Å². The zero-order chi connectivity index (χ0) is 21.0. The monoisotopic (exact) mass is 390 g/mol. The normalized spacial score (nSPS) is 10.3. The van der Waals surface area contributed by atoms with Crippen LogP contribution in [0.2, 0.25) is 0 Å². The molecule has 0 radical (unpaired) electrons. The molecule has 3 rings (SSSR count). The number of aromatic nitrogens is 2. The molecule has 148 valence electrons. The minimum Gasteiger partial charge on any atom is -0.465 e. The van der Waals surface area contributed by atoms with E-state index in [0.29, 0.717) is 22.9 Å². The summed E-state index contributed by atoms with van der Waals surface area (Å²) in [5.41, 5.74) is 4.98. The lowest BCUT2D eigenvalue weighted by molar-refractivity contribution is 0.0600. The van der Waals surface area contributed by atoms with Gasteiger partial charge >= 0.3 is 5.97 Å². The SMILES string of the molecule is COC(=O)c1ccc(NC(=O)c2cc(C)nc(Nc3cccc(C)c3C)n2)cc1. The number of ether oxygens (including phenoxy) is 1. The highest BCUT2D eigenvalue weighted by atomic mass is 16.5. The summed E-state index contributed by atoms with van der Waals surface area (Å²) in [7, 11) is 1.32. The van der Waals surface area contributed by atoms with Gasteiger partial charge in [0.05, 0.1) is 12.7 Å². The number of aryl methyl sites for hydroxylation is 2. The van der Waals surface area contributed by atoms with Gasteiger partial charge in [-0.2, -0.15) is 0 Å². The minimum absolute atomic E-state index is 0.238. The summed E-state index contributed by atoms with van der Waals surface area (Å²) in [6.07, 6.45) is 0. The third kappa shape index (κ3) is 4.76. The fourth-order valence-corrected chi connectivity index (χ4v) is 2.75. The Balaban J connectivity index is 1.79. The molecule has 0 spiro atoms. The number of benzene rings is 2. The first-order valence-electron chi connectivity index (χ1n) is 9.06. The number of amides is 1. The molecular weight excluding hydrogens is 368 g/mol. The number of esters is 1. The molecule has 0 saturated carbocycles. The molecule has 1 heterocycles. The average Bonchev–Trinajstić information content (AvgIpc) is 2.71. The molecule has 1 amide bonds. The summed E-state index contributed by atoms with van der Waals surface area (Å²) in [6, 6.07) is 14.0. The van der Waals surface area contributed by atoms with Gasteiger partial charge in [-0.3, -0.25) is 4.79 Å².